The predicted octanol–water partition coefficient (Wildman–Crippen LogP) is 2.33. The Labute approximate surface area is 171 Å². The lowest BCUT2D eigenvalue weighted by molar-refractivity contribution is -0.131. The quantitative estimate of drug-likeness (QED) is 0.823. The minimum Gasteiger partial charge on any atom is -0.343 e. The Balaban J connectivity index is 1.51. The average molecular weight is 422 g/mol. The Bertz CT molecular complexity index is 946. The van der Waals surface area contributed by atoms with Gasteiger partial charge in [-0.15, -0.1) is 0 Å². The molecule has 0 bridgehead atoms. The molecule has 1 heterocycles. The van der Waals surface area contributed by atoms with Crippen molar-refractivity contribution in [2.75, 3.05) is 32.7 Å². The monoisotopic (exact) mass is 421 g/mol. The van der Waals surface area contributed by atoms with Crippen molar-refractivity contribution in [2.24, 2.45) is 0 Å². The van der Waals surface area contributed by atoms with E-state index in [1.807, 2.05) is 0 Å². The molecule has 1 aliphatic rings. The number of carbonyl (C=O) groups is 3. The van der Waals surface area contributed by atoms with E-state index in [1.54, 1.807) is 0 Å². The van der Waals surface area contributed by atoms with Crippen molar-refractivity contribution in [1.82, 2.24) is 15.1 Å². The lowest BCUT2D eigenvalue weighted by Crippen LogP contribution is -2.52. The van der Waals surface area contributed by atoms with E-state index in [2.05, 4.69) is 5.32 Å². The summed E-state index contributed by atoms with van der Waals surface area (Å²) >= 11 is 5.94. The van der Waals surface area contributed by atoms with Crippen molar-refractivity contribution in [3.63, 3.8) is 0 Å². The number of rotatable bonds is 4. The summed E-state index contributed by atoms with van der Waals surface area (Å²) < 4.78 is 26.8. The van der Waals surface area contributed by atoms with Crippen LogP contribution in [-0.4, -0.2) is 60.2 Å². The van der Waals surface area contributed by atoms with Gasteiger partial charge in [0, 0.05) is 26.2 Å². The van der Waals surface area contributed by atoms with Crippen molar-refractivity contribution < 1.29 is 23.2 Å². The Morgan fingerprint density at radius 3 is 2.24 bits per heavy atom. The zero-order valence-corrected chi connectivity index (χ0v) is 16.1. The molecule has 1 aliphatic heterocycles. The zero-order valence-electron chi connectivity index (χ0n) is 15.3. The Kier molecular flexibility index (Phi) is 6.43. The summed E-state index contributed by atoms with van der Waals surface area (Å²) in [6.07, 6.45) is 0. The molecule has 1 fully saturated rings. The first-order valence-corrected chi connectivity index (χ1v) is 9.29. The highest BCUT2D eigenvalue weighted by Gasteiger charge is 2.26. The summed E-state index contributed by atoms with van der Waals surface area (Å²) in [6, 6.07) is 9.07. The number of piperazine rings is 1. The molecule has 6 nitrogen and oxygen atoms in total. The third-order valence-corrected chi connectivity index (χ3v) is 4.91. The topological polar surface area (TPSA) is 69.7 Å². The molecule has 0 spiro atoms. The van der Waals surface area contributed by atoms with E-state index in [0.717, 1.165) is 12.1 Å². The lowest BCUT2D eigenvalue weighted by Gasteiger charge is -2.35. The Morgan fingerprint density at radius 1 is 0.931 bits per heavy atom. The fourth-order valence-corrected chi connectivity index (χ4v) is 3.25. The van der Waals surface area contributed by atoms with Gasteiger partial charge in [-0.1, -0.05) is 23.7 Å². The molecule has 3 amide bonds. The second-order valence-electron chi connectivity index (χ2n) is 6.46. The SMILES string of the molecule is O=C(NCC(=O)N1CCN(C(=O)c2ccc(F)cc2Cl)CC1)c1ccccc1F. The van der Waals surface area contributed by atoms with Gasteiger partial charge >= 0.3 is 0 Å². The van der Waals surface area contributed by atoms with Crippen molar-refractivity contribution >= 4 is 29.3 Å². The van der Waals surface area contributed by atoms with Gasteiger partial charge in [-0.25, -0.2) is 8.78 Å². The van der Waals surface area contributed by atoms with E-state index >= 15 is 0 Å². The number of amides is 3. The number of hydrogen-bond acceptors (Lipinski definition) is 3. The molecular weight excluding hydrogens is 404 g/mol. The van der Waals surface area contributed by atoms with Gasteiger partial charge in [0.1, 0.15) is 11.6 Å². The summed E-state index contributed by atoms with van der Waals surface area (Å²) in [5.74, 6) is -2.53. The van der Waals surface area contributed by atoms with Crippen LogP contribution >= 0.6 is 11.6 Å². The molecule has 3 rings (SSSR count). The van der Waals surface area contributed by atoms with Gasteiger partial charge in [0.15, 0.2) is 0 Å². The maximum atomic E-state index is 13.6. The van der Waals surface area contributed by atoms with Crippen LogP contribution < -0.4 is 5.32 Å². The molecular formula is C20H18ClF2N3O3. The van der Waals surface area contributed by atoms with Gasteiger partial charge in [0.25, 0.3) is 11.8 Å². The molecule has 0 unspecified atom stereocenters. The third-order valence-electron chi connectivity index (χ3n) is 4.60. The van der Waals surface area contributed by atoms with E-state index in [-0.39, 0.29) is 60.7 Å². The second-order valence-corrected chi connectivity index (χ2v) is 6.87. The van der Waals surface area contributed by atoms with E-state index in [1.165, 1.54) is 40.1 Å². The molecule has 0 aromatic heterocycles. The number of nitrogens with one attached hydrogen (secondary N) is 1. The van der Waals surface area contributed by atoms with E-state index in [4.69, 9.17) is 11.6 Å². The van der Waals surface area contributed by atoms with E-state index in [0.29, 0.717) is 0 Å². The van der Waals surface area contributed by atoms with Crippen LogP contribution in [0.15, 0.2) is 42.5 Å². The predicted molar refractivity (Wildman–Crippen MR) is 103 cm³/mol. The number of hydrogen-bond donors (Lipinski definition) is 1. The van der Waals surface area contributed by atoms with Gasteiger partial charge in [-0.2, -0.15) is 0 Å². The molecule has 29 heavy (non-hydrogen) atoms. The summed E-state index contributed by atoms with van der Waals surface area (Å²) in [5, 5.41) is 2.44. The minimum absolute atomic E-state index is 0.0318. The van der Waals surface area contributed by atoms with Crippen LogP contribution in [0.25, 0.3) is 0 Å². The molecule has 152 valence electrons. The van der Waals surface area contributed by atoms with Crippen LogP contribution in [0.5, 0.6) is 0 Å². The second kappa shape index (κ2) is 9.00. The van der Waals surface area contributed by atoms with Crippen molar-refractivity contribution in [3.8, 4) is 0 Å². The highest BCUT2D eigenvalue weighted by atomic mass is 35.5. The highest BCUT2D eigenvalue weighted by molar-refractivity contribution is 6.33. The van der Waals surface area contributed by atoms with Crippen LogP contribution in [0, 0.1) is 11.6 Å². The summed E-state index contributed by atoms with van der Waals surface area (Å²) in [6.45, 7) is 0.835. The number of halogens is 3. The molecule has 0 saturated carbocycles. The van der Waals surface area contributed by atoms with Crippen molar-refractivity contribution in [3.05, 3.63) is 70.2 Å². The Morgan fingerprint density at radius 2 is 1.59 bits per heavy atom. The highest BCUT2D eigenvalue weighted by Crippen LogP contribution is 2.20. The summed E-state index contributed by atoms with van der Waals surface area (Å²) in [4.78, 5) is 39.9. The van der Waals surface area contributed by atoms with E-state index in [9.17, 15) is 23.2 Å². The minimum atomic E-state index is -0.670. The first-order chi connectivity index (χ1) is 13.9. The van der Waals surface area contributed by atoms with Crippen molar-refractivity contribution in [1.29, 1.82) is 0 Å². The van der Waals surface area contributed by atoms with Crippen LogP contribution in [0.2, 0.25) is 5.02 Å². The molecule has 1 saturated heterocycles. The van der Waals surface area contributed by atoms with Crippen molar-refractivity contribution in [2.45, 2.75) is 0 Å². The molecule has 0 radical (unpaired) electrons. The number of carbonyl (C=O) groups excluding carboxylic acids is 3. The van der Waals surface area contributed by atoms with Crippen LogP contribution in [0.1, 0.15) is 20.7 Å². The molecule has 0 aliphatic carbocycles. The maximum absolute atomic E-state index is 13.6. The molecule has 2 aromatic rings. The standard InChI is InChI=1S/C20H18ClF2N3O3/c21-16-11-13(22)5-6-14(16)20(29)26-9-7-25(8-10-26)18(27)12-24-19(28)15-3-1-2-4-17(15)23/h1-6,11H,7-10,12H2,(H,24,28). The van der Waals surface area contributed by atoms with Gasteiger partial charge < -0.3 is 15.1 Å². The zero-order chi connectivity index (χ0) is 21.0. The first-order valence-electron chi connectivity index (χ1n) is 8.91. The fourth-order valence-electron chi connectivity index (χ4n) is 3.00. The smallest absolute Gasteiger partial charge is 0.255 e. The molecule has 1 N–H and O–H groups in total. The van der Waals surface area contributed by atoms with Gasteiger partial charge in [-0.05, 0) is 30.3 Å². The van der Waals surface area contributed by atoms with Crippen LogP contribution in [0.3, 0.4) is 0 Å². The third kappa shape index (κ3) is 4.89. The molecule has 2 aromatic carbocycles. The van der Waals surface area contributed by atoms with Gasteiger partial charge in [0.05, 0.1) is 22.7 Å². The van der Waals surface area contributed by atoms with Gasteiger partial charge in [0.2, 0.25) is 5.91 Å². The summed E-state index contributed by atoms with van der Waals surface area (Å²) in [7, 11) is 0. The maximum Gasteiger partial charge on any atom is 0.255 e. The normalized spacial score (nSPS) is 13.9. The largest absolute Gasteiger partial charge is 0.343 e. The number of nitrogens with zero attached hydrogens (tertiary/aromatic N) is 2. The fraction of sp³-hybridized carbons (Fsp3) is 0.250. The first kappa shape index (κ1) is 20.7. The lowest BCUT2D eigenvalue weighted by atomic mass is 10.1. The van der Waals surface area contributed by atoms with Gasteiger partial charge in [-0.3, -0.25) is 14.4 Å². The Hall–Kier alpha value is -3.00. The van der Waals surface area contributed by atoms with Crippen LogP contribution in [-0.2, 0) is 4.79 Å². The van der Waals surface area contributed by atoms with Crippen LogP contribution in [0.4, 0.5) is 8.78 Å². The molecule has 0 atom stereocenters. The average Bonchev–Trinajstić information content (AvgIpc) is 2.72. The molecule has 9 heteroatoms. The van der Waals surface area contributed by atoms with E-state index < -0.39 is 17.5 Å². The number of benzene rings is 2. The summed E-state index contributed by atoms with van der Waals surface area (Å²) in [5.41, 5.74) is 0.0666.